The number of nitrogens with zero attached hydrogens (tertiary/aromatic N) is 2. The summed E-state index contributed by atoms with van der Waals surface area (Å²) in [5, 5.41) is 20.3. The van der Waals surface area contributed by atoms with Gasteiger partial charge in [0.05, 0.1) is 22.2 Å². The number of aromatic amines is 1. The Morgan fingerprint density at radius 2 is 1.81 bits per heavy atom. The summed E-state index contributed by atoms with van der Waals surface area (Å²) in [6.45, 7) is 5.30. The number of nitro groups is 1. The fourth-order valence-corrected chi connectivity index (χ4v) is 3.11. The topological polar surface area (TPSA) is 127 Å². The van der Waals surface area contributed by atoms with Crippen LogP contribution in [0.1, 0.15) is 38.1 Å². The molecule has 32 heavy (non-hydrogen) atoms. The molecule has 9 heteroatoms. The summed E-state index contributed by atoms with van der Waals surface area (Å²) < 4.78 is 5.39. The summed E-state index contributed by atoms with van der Waals surface area (Å²) in [5.74, 6) is 0. The molecule has 3 aromatic rings. The van der Waals surface area contributed by atoms with Gasteiger partial charge in [-0.15, -0.1) is 0 Å². The molecule has 166 valence electrons. The van der Waals surface area contributed by atoms with E-state index in [0.29, 0.717) is 17.7 Å². The van der Waals surface area contributed by atoms with Crippen LogP contribution in [0.4, 0.5) is 10.5 Å². The summed E-state index contributed by atoms with van der Waals surface area (Å²) in [4.78, 5) is 35.3. The van der Waals surface area contributed by atoms with E-state index >= 15 is 0 Å². The van der Waals surface area contributed by atoms with Crippen LogP contribution in [0.2, 0.25) is 0 Å². The average Bonchev–Trinajstić information content (AvgIpc) is 2.73. The quantitative estimate of drug-likeness (QED) is 0.441. The lowest BCUT2D eigenvalue weighted by Gasteiger charge is -2.23. The number of carbonyl (C=O) groups excluding carboxylic acids is 1. The highest BCUT2D eigenvalue weighted by Crippen LogP contribution is 2.23. The smallest absolute Gasteiger partial charge is 0.408 e. The first-order valence-corrected chi connectivity index (χ1v) is 10.0. The monoisotopic (exact) mass is 436 g/mol. The fraction of sp³-hybridized carbons (Fsp3) is 0.261. The van der Waals surface area contributed by atoms with Gasteiger partial charge in [-0.3, -0.25) is 14.9 Å². The van der Waals surface area contributed by atoms with E-state index in [1.165, 1.54) is 24.3 Å². The minimum absolute atomic E-state index is 0.0759. The van der Waals surface area contributed by atoms with Gasteiger partial charge in [-0.1, -0.05) is 30.3 Å². The first-order valence-electron chi connectivity index (χ1n) is 10.0. The van der Waals surface area contributed by atoms with Gasteiger partial charge in [-0.05, 0) is 56.5 Å². The second-order valence-corrected chi connectivity index (χ2v) is 8.23. The maximum absolute atomic E-state index is 12.5. The van der Waals surface area contributed by atoms with Gasteiger partial charge in [0.25, 0.3) is 11.2 Å². The highest BCUT2D eigenvalue weighted by atomic mass is 16.6. The second-order valence-electron chi connectivity index (χ2n) is 8.23. The van der Waals surface area contributed by atoms with Gasteiger partial charge in [0.1, 0.15) is 5.60 Å². The lowest BCUT2D eigenvalue weighted by molar-refractivity contribution is -0.384. The van der Waals surface area contributed by atoms with E-state index in [1.54, 1.807) is 26.8 Å². The lowest BCUT2D eigenvalue weighted by atomic mass is 10.0. The predicted octanol–water partition coefficient (Wildman–Crippen LogP) is 4.15. The Morgan fingerprint density at radius 1 is 1.16 bits per heavy atom. The molecule has 0 bridgehead atoms. The zero-order chi connectivity index (χ0) is 23.3. The van der Waals surface area contributed by atoms with Crippen LogP contribution in [0.15, 0.2) is 65.5 Å². The third-order valence-corrected chi connectivity index (χ3v) is 4.54. The van der Waals surface area contributed by atoms with Gasteiger partial charge in [-0.25, -0.2) is 9.89 Å². The van der Waals surface area contributed by atoms with Gasteiger partial charge in [0, 0.05) is 12.1 Å². The van der Waals surface area contributed by atoms with Crippen molar-refractivity contribution in [3.05, 3.63) is 92.4 Å². The van der Waals surface area contributed by atoms with Crippen LogP contribution in [0.5, 0.6) is 0 Å². The molecule has 0 unspecified atom stereocenters. The number of H-pyrrole nitrogens is 1. The van der Waals surface area contributed by atoms with Crippen molar-refractivity contribution in [2.45, 2.75) is 38.8 Å². The fourth-order valence-electron chi connectivity index (χ4n) is 3.11. The molecule has 0 aliphatic rings. The third kappa shape index (κ3) is 6.00. The molecule has 1 aromatic heterocycles. The Hall–Kier alpha value is -4.01. The van der Waals surface area contributed by atoms with Crippen molar-refractivity contribution < 1.29 is 14.5 Å². The van der Waals surface area contributed by atoms with Gasteiger partial charge in [-0.2, -0.15) is 5.10 Å². The number of hydrogen-bond acceptors (Lipinski definition) is 6. The summed E-state index contributed by atoms with van der Waals surface area (Å²) >= 11 is 0. The van der Waals surface area contributed by atoms with E-state index in [-0.39, 0.29) is 11.3 Å². The predicted molar refractivity (Wildman–Crippen MR) is 119 cm³/mol. The first kappa shape index (κ1) is 22.7. The van der Waals surface area contributed by atoms with Gasteiger partial charge in [0.2, 0.25) is 0 Å². The highest BCUT2D eigenvalue weighted by Gasteiger charge is 2.23. The van der Waals surface area contributed by atoms with Crippen LogP contribution >= 0.6 is 0 Å². The summed E-state index contributed by atoms with van der Waals surface area (Å²) in [6, 6.07) is 16.2. The number of hydrogen-bond donors (Lipinski definition) is 2. The molecule has 0 aliphatic carbocycles. The Kier molecular flexibility index (Phi) is 6.67. The average molecular weight is 436 g/mol. The van der Waals surface area contributed by atoms with Crippen molar-refractivity contribution in [1.82, 2.24) is 15.5 Å². The zero-order valence-electron chi connectivity index (χ0n) is 18.0. The maximum atomic E-state index is 12.5. The van der Waals surface area contributed by atoms with E-state index in [4.69, 9.17) is 4.74 Å². The molecule has 0 saturated heterocycles. The number of ether oxygens (including phenoxy) is 1. The van der Waals surface area contributed by atoms with E-state index in [1.807, 2.05) is 30.3 Å². The summed E-state index contributed by atoms with van der Waals surface area (Å²) in [7, 11) is 0. The second kappa shape index (κ2) is 9.42. The number of alkyl carbamates (subject to hydrolysis) is 1. The Labute approximate surface area is 184 Å². The van der Waals surface area contributed by atoms with Crippen molar-refractivity contribution in [2.75, 3.05) is 0 Å². The molecule has 2 N–H and O–H groups in total. The molecule has 0 aliphatic heterocycles. The molecule has 3 rings (SSSR count). The number of non-ortho nitro benzene ring substituents is 1. The van der Waals surface area contributed by atoms with Crippen molar-refractivity contribution in [2.24, 2.45) is 0 Å². The van der Waals surface area contributed by atoms with E-state index in [2.05, 4.69) is 15.5 Å². The van der Waals surface area contributed by atoms with E-state index in [0.717, 1.165) is 5.56 Å². The van der Waals surface area contributed by atoms with E-state index < -0.39 is 28.2 Å². The van der Waals surface area contributed by atoms with Crippen molar-refractivity contribution in [3.63, 3.8) is 0 Å². The first-order chi connectivity index (χ1) is 15.1. The van der Waals surface area contributed by atoms with Gasteiger partial charge in [0.15, 0.2) is 0 Å². The molecule has 9 nitrogen and oxygen atoms in total. The normalized spacial score (nSPS) is 12.1. The Balaban J connectivity index is 1.96. The van der Waals surface area contributed by atoms with Crippen LogP contribution in [0.3, 0.4) is 0 Å². The third-order valence-electron chi connectivity index (χ3n) is 4.54. The molecule has 0 fully saturated rings. The molecule has 1 amide bonds. The van der Waals surface area contributed by atoms with Crippen LogP contribution in [-0.4, -0.2) is 26.8 Å². The number of rotatable bonds is 6. The van der Waals surface area contributed by atoms with Crippen LogP contribution in [-0.2, 0) is 11.2 Å². The van der Waals surface area contributed by atoms with Crippen LogP contribution in [0.25, 0.3) is 11.1 Å². The largest absolute Gasteiger partial charge is 0.444 e. The summed E-state index contributed by atoms with van der Waals surface area (Å²) in [6.07, 6.45) is -0.193. The Bertz CT molecular complexity index is 1150. The maximum Gasteiger partial charge on any atom is 0.408 e. The minimum Gasteiger partial charge on any atom is -0.444 e. The molecular formula is C23H24N4O5. The molecule has 2 aromatic carbocycles. The summed E-state index contributed by atoms with van der Waals surface area (Å²) in [5.41, 5.74) is 0.964. The number of benzene rings is 2. The number of nitro benzene ring substituents is 1. The van der Waals surface area contributed by atoms with Gasteiger partial charge < -0.3 is 10.1 Å². The van der Waals surface area contributed by atoms with Gasteiger partial charge >= 0.3 is 6.09 Å². The Morgan fingerprint density at radius 3 is 2.41 bits per heavy atom. The van der Waals surface area contributed by atoms with Crippen LogP contribution in [0, 0.1) is 10.1 Å². The van der Waals surface area contributed by atoms with Crippen molar-refractivity contribution in [1.29, 1.82) is 0 Å². The number of carbonyl (C=O) groups is 1. The zero-order valence-corrected chi connectivity index (χ0v) is 18.0. The van der Waals surface area contributed by atoms with Crippen LogP contribution < -0.4 is 10.9 Å². The number of amides is 1. The molecule has 1 heterocycles. The molecule has 0 spiro atoms. The number of nitrogens with one attached hydrogen (secondary N) is 2. The molecule has 0 saturated carbocycles. The van der Waals surface area contributed by atoms with Crippen molar-refractivity contribution in [3.8, 4) is 11.1 Å². The number of aromatic nitrogens is 2. The standard InChI is InChI=1S/C23H24N4O5/c1-23(2,3)32-22(29)24-19(13-15-7-5-4-6-8-15)20-14-18(21(28)26-25-20)16-9-11-17(12-10-16)27(30)31/h4-12,14,19H,13H2,1-3H3,(H,24,29)(H,26,28)/t19-/m0/s1. The van der Waals surface area contributed by atoms with Crippen molar-refractivity contribution >= 4 is 11.8 Å². The lowest BCUT2D eigenvalue weighted by Crippen LogP contribution is -2.36. The van der Waals surface area contributed by atoms with E-state index in [9.17, 15) is 19.7 Å². The molecule has 0 radical (unpaired) electrons. The highest BCUT2D eigenvalue weighted by molar-refractivity contribution is 5.69. The molecule has 1 atom stereocenters. The molecular weight excluding hydrogens is 412 g/mol. The SMILES string of the molecule is CC(C)(C)OC(=O)N[C@@H](Cc1ccccc1)c1cc(-c2ccc([N+](=O)[O-])cc2)c(=O)[nH]n1. The minimum atomic E-state index is -0.677.